The summed E-state index contributed by atoms with van der Waals surface area (Å²) in [5.74, 6) is 0.547. The van der Waals surface area contributed by atoms with Gasteiger partial charge in [-0.15, -0.1) is 50.7 Å². The van der Waals surface area contributed by atoms with Gasteiger partial charge in [0.2, 0.25) is 0 Å². The molecule has 1 unspecified atom stereocenters. The number of aryl methyl sites for hydroxylation is 2. The van der Waals surface area contributed by atoms with Crippen molar-refractivity contribution in [1.82, 2.24) is 0 Å². The average molecular weight is 805 g/mol. The number of hydrogen-bond donors (Lipinski definition) is 0. The van der Waals surface area contributed by atoms with Gasteiger partial charge in [-0.3, -0.25) is 0 Å². The van der Waals surface area contributed by atoms with Gasteiger partial charge in [-0.05, 0) is 45.9 Å². The van der Waals surface area contributed by atoms with Crippen LogP contribution in [-0.4, -0.2) is 10.7 Å². The number of hydrogen-bond acceptors (Lipinski definition) is 1. The molecule has 1 heterocycles. The van der Waals surface area contributed by atoms with Crippen molar-refractivity contribution in [2.24, 2.45) is 5.92 Å². The van der Waals surface area contributed by atoms with Crippen molar-refractivity contribution in [1.29, 1.82) is 0 Å². The number of rotatable bonds is 3. The first-order valence-corrected chi connectivity index (χ1v) is 24.1. The van der Waals surface area contributed by atoms with Crippen LogP contribution in [0.4, 0.5) is 0 Å². The smallest absolute Gasteiger partial charge is 0.0132 e. The first-order chi connectivity index (χ1) is 21.9. The zero-order valence-electron chi connectivity index (χ0n) is 31.8. The molecule has 0 spiro atoms. The van der Waals surface area contributed by atoms with Crippen LogP contribution >= 0.6 is 11.8 Å². The number of fused-ring (bicyclic) bond motifs is 2. The summed E-state index contributed by atoms with van der Waals surface area (Å²) >= 11 is 3.69. The maximum absolute atomic E-state index is 3.60. The number of allylic oxidation sites excluding steroid dienone is 4. The summed E-state index contributed by atoms with van der Waals surface area (Å²) in [4.78, 5) is 1.34. The normalized spacial score (nSPS) is 15.3. The molecule has 0 radical (unpaired) electrons. The molecule has 0 fully saturated rings. The second-order valence-electron chi connectivity index (χ2n) is 15.7. The van der Waals surface area contributed by atoms with Crippen LogP contribution in [0, 0.1) is 25.8 Å². The van der Waals surface area contributed by atoms with Crippen molar-refractivity contribution in [2.75, 3.05) is 0 Å². The summed E-state index contributed by atoms with van der Waals surface area (Å²) in [5, 5.41) is 3.27. The van der Waals surface area contributed by atoms with E-state index < -0.39 is 0 Å². The molecule has 4 aromatic rings. The molecular formula is C44H54Cl2SSiZr-2. The molecule has 1 atom stereocenters. The van der Waals surface area contributed by atoms with Gasteiger partial charge in [-0.1, -0.05) is 135 Å². The fourth-order valence-electron chi connectivity index (χ4n) is 6.05. The second kappa shape index (κ2) is 17.8. The summed E-state index contributed by atoms with van der Waals surface area (Å²) in [5.41, 5.74) is 14.3. The van der Waals surface area contributed by atoms with Gasteiger partial charge in [0.05, 0.1) is 0 Å². The molecule has 0 amide bonds. The van der Waals surface area contributed by atoms with E-state index in [2.05, 4.69) is 174 Å². The fraction of sp³-hybridized carbons (Fsp3) is 0.386. The zero-order valence-corrected chi connectivity index (χ0v) is 37.6. The Bertz CT molecular complexity index is 1840. The van der Waals surface area contributed by atoms with Gasteiger partial charge >= 0.3 is 41.9 Å². The molecule has 6 rings (SSSR count). The van der Waals surface area contributed by atoms with E-state index in [0.717, 1.165) is 0 Å². The SMILES string of the molecule is CC(C)C1=CC2=C(c3ccc(C(C)(C)C)cc3)C(C)SC2=[C-]1.C[Si](C)=[Zr+2].Cc1cc2c(-c3ccc(C(C)(C)C)cc3)ccc(C)c2[cH-]1.[Cl-].[Cl-]. The average Bonchev–Trinajstić information content (AvgIpc) is 3.65. The van der Waals surface area contributed by atoms with Crippen molar-refractivity contribution >= 4 is 33.5 Å². The molecule has 0 bridgehead atoms. The quantitative estimate of drug-likeness (QED) is 0.158. The third-order valence-electron chi connectivity index (χ3n) is 8.79. The molecule has 1 aliphatic carbocycles. The summed E-state index contributed by atoms with van der Waals surface area (Å²) in [6, 6.07) is 27.3. The van der Waals surface area contributed by atoms with E-state index in [9.17, 15) is 0 Å². The van der Waals surface area contributed by atoms with Gasteiger partial charge in [0.15, 0.2) is 0 Å². The molecule has 0 N–H and O–H groups in total. The molecule has 5 heteroatoms. The van der Waals surface area contributed by atoms with Crippen LogP contribution in [0.25, 0.3) is 27.5 Å². The largest absolute Gasteiger partial charge is 1.00 e. The molecule has 4 aromatic carbocycles. The summed E-state index contributed by atoms with van der Waals surface area (Å²) in [6.45, 7) is 29.3. The first kappa shape index (κ1) is 43.7. The van der Waals surface area contributed by atoms with Crippen molar-refractivity contribution in [3.63, 3.8) is 0 Å². The third kappa shape index (κ3) is 11.0. The molecule has 0 saturated carbocycles. The minimum atomic E-state index is 0. The van der Waals surface area contributed by atoms with Crippen molar-refractivity contribution in [3.05, 3.63) is 129 Å². The van der Waals surface area contributed by atoms with E-state index in [1.54, 1.807) is 23.3 Å². The topological polar surface area (TPSA) is 0 Å². The zero-order chi connectivity index (χ0) is 34.8. The van der Waals surface area contributed by atoms with Gasteiger partial charge in [0.25, 0.3) is 0 Å². The maximum Gasteiger partial charge on any atom is -0.0132 e. The van der Waals surface area contributed by atoms with Crippen LogP contribution < -0.4 is 24.8 Å². The predicted molar refractivity (Wildman–Crippen MR) is 209 cm³/mol. The summed E-state index contributed by atoms with van der Waals surface area (Å²) in [6.07, 6.45) is 5.95. The van der Waals surface area contributed by atoms with Crippen LogP contribution in [0.2, 0.25) is 13.1 Å². The van der Waals surface area contributed by atoms with E-state index in [1.165, 1.54) is 71.3 Å². The number of halogens is 2. The molecule has 49 heavy (non-hydrogen) atoms. The molecule has 1 aliphatic heterocycles. The van der Waals surface area contributed by atoms with E-state index in [1.807, 2.05) is 11.8 Å². The third-order valence-corrected chi connectivity index (χ3v) is 9.94. The summed E-state index contributed by atoms with van der Waals surface area (Å²) < 4.78 is 0. The first-order valence-electron chi connectivity index (χ1n) is 17.0. The minimum Gasteiger partial charge on any atom is -1.00 e. The predicted octanol–water partition coefficient (Wildman–Crippen LogP) is 7.09. The van der Waals surface area contributed by atoms with Crippen LogP contribution in [0.15, 0.2) is 94.9 Å². The van der Waals surface area contributed by atoms with Crippen molar-refractivity contribution in [3.8, 4) is 11.1 Å². The van der Waals surface area contributed by atoms with Crippen LogP contribution in [0.3, 0.4) is 0 Å². The van der Waals surface area contributed by atoms with E-state index in [4.69, 9.17) is 0 Å². The standard InChI is InChI=1S/C21H25S.C21H23.C2H6Si.2ClH.Zr/c1-13(2)16-11-18-19(12-16)22-14(3)20(18)15-7-9-17(10-8-15)21(4,5)6;1-14-12-19-15(2)6-11-18(20(19)13-14)16-7-9-17(10-8-16)21(3,4)5;1-3-2;;;/h7-11,13-14H,1-6H3;6-13H,1-5H3;1-2H3;2*1H;/q2*-1;;;;+2/p-2. The Hall–Kier alpha value is -1.48. The second-order valence-corrected chi connectivity index (χ2v) is 26.5. The van der Waals surface area contributed by atoms with Crippen LogP contribution in [0.1, 0.15) is 90.1 Å². The Labute approximate surface area is 330 Å². The monoisotopic (exact) mass is 802 g/mol. The Balaban J connectivity index is 0.000000296. The summed E-state index contributed by atoms with van der Waals surface area (Å²) in [7, 11) is 0. The van der Waals surface area contributed by atoms with Gasteiger partial charge in [0, 0.05) is 5.25 Å². The van der Waals surface area contributed by atoms with Crippen molar-refractivity contribution in [2.45, 2.75) is 105 Å². The number of thioether (sulfide) groups is 1. The van der Waals surface area contributed by atoms with Gasteiger partial charge < -0.3 is 24.8 Å². The van der Waals surface area contributed by atoms with E-state index in [0.29, 0.717) is 11.2 Å². The van der Waals surface area contributed by atoms with Gasteiger partial charge in [-0.2, -0.15) is 23.3 Å². The fourth-order valence-corrected chi connectivity index (χ4v) is 7.25. The van der Waals surface area contributed by atoms with Gasteiger partial charge in [0.1, 0.15) is 0 Å². The minimum absolute atomic E-state index is 0. The van der Waals surface area contributed by atoms with Gasteiger partial charge in [-0.25, -0.2) is 6.08 Å². The van der Waals surface area contributed by atoms with Crippen LogP contribution in [0.5, 0.6) is 0 Å². The van der Waals surface area contributed by atoms with E-state index in [-0.39, 0.29) is 41.1 Å². The number of benzene rings is 3. The Kier molecular flexibility index (Phi) is 15.9. The Morgan fingerprint density at radius 2 is 1.29 bits per heavy atom. The maximum atomic E-state index is 3.60. The molecular weight excluding hydrogens is 751 g/mol. The van der Waals surface area contributed by atoms with E-state index >= 15 is 0 Å². The van der Waals surface area contributed by atoms with Crippen molar-refractivity contribution < 1.29 is 48.1 Å². The van der Waals surface area contributed by atoms with Crippen LogP contribution in [-0.2, 0) is 34.2 Å². The Morgan fingerprint density at radius 3 is 1.76 bits per heavy atom. The molecule has 0 nitrogen and oxygen atoms in total. The molecule has 0 saturated heterocycles. The molecule has 2 aliphatic rings. The Morgan fingerprint density at radius 1 is 0.796 bits per heavy atom. The molecule has 260 valence electrons. The molecule has 0 aromatic heterocycles.